The molecular formula is C17H28O6Si. The van der Waals surface area contributed by atoms with Crippen LogP contribution in [0.4, 0.5) is 4.79 Å². The molecular weight excluding hydrogens is 328 g/mol. The van der Waals surface area contributed by atoms with Gasteiger partial charge in [0.25, 0.3) is 0 Å². The Kier molecular flexibility index (Phi) is 7.88. The van der Waals surface area contributed by atoms with Gasteiger partial charge >= 0.3 is 15.0 Å². The van der Waals surface area contributed by atoms with Gasteiger partial charge in [-0.15, -0.1) is 0 Å². The van der Waals surface area contributed by atoms with E-state index in [-0.39, 0.29) is 0 Å². The Labute approximate surface area is 145 Å². The maximum absolute atomic E-state index is 11.7. The van der Waals surface area contributed by atoms with Crippen molar-refractivity contribution in [2.24, 2.45) is 0 Å². The molecule has 0 aromatic heterocycles. The molecule has 0 atom stereocenters. The van der Waals surface area contributed by atoms with Crippen LogP contribution in [-0.4, -0.2) is 40.4 Å². The van der Waals surface area contributed by atoms with Gasteiger partial charge in [0.2, 0.25) is 0 Å². The summed E-state index contributed by atoms with van der Waals surface area (Å²) in [6, 6.07) is 6.95. The third-order valence-electron chi connectivity index (χ3n) is 2.80. The van der Waals surface area contributed by atoms with Gasteiger partial charge in [-0.25, -0.2) is 4.79 Å². The smallest absolute Gasteiger partial charge is 0.428 e. The highest BCUT2D eigenvalue weighted by Gasteiger charge is 2.43. The summed E-state index contributed by atoms with van der Waals surface area (Å²) in [5.41, 5.74) is -0.599. The number of benzene rings is 1. The van der Waals surface area contributed by atoms with Crippen molar-refractivity contribution in [3.05, 3.63) is 24.3 Å². The van der Waals surface area contributed by atoms with Gasteiger partial charge in [-0.2, -0.15) is 0 Å². The van der Waals surface area contributed by atoms with Gasteiger partial charge in [0.1, 0.15) is 11.4 Å². The zero-order valence-electron chi connectivity index (χ0n) is 15.4. The third-order valence-corrected chi connectivity index (χ3v) is 5.85. The van der Waals surface area contributed by atoms with Crippen LogP contribution in [0.1, 0.15) is 41.5 Å². The fourth-order valence-electron chi connectivity index (χ4n) is 2.04. The standard InChI is InChI=1S/C17H28O6Si/c1-7-19-24(20-8-2,21-9-3)15-12-10-14(11-13-15)22-16(18)23-17(4,5)6/h10-13H,7-9H2,1-6H3. The largest absolute Gasteiger partial charge is 0.537 e. The Morgan fingerprint density at radius 3 is 1.75 bits per heavy atom. The summed E-state index contributed by atoms with van der Waals surface area (Å²) in [6.07, 6.45) is -0.738. The monoisotopic (exact) mass is 356 g/mol. The van der Waals surface area contributed by atoms with Crippen molar-refractivity contribution in [2.75, 3.05) is 19.8 Å². The average molecular weight is 356 g/mol. The van der Waals surface area contributed by atoms with Crippen LogP contribution in [0.2, 0.25) is 0 Å². The lowest BCUT2D eigenvalue weighted by Crippen LogP contribution is -2.56. The lowest BCUT2D eigenvalue weighted by atomic mass is 10.2. The van der Waals surface area contributed by atoms with E-state index in [0.29, 0.717) is 25.6 Å². The van der Waals surface area contributed by atoms with Gasteiger partial charge in [0, 0.05) is 25.0 Å². The number of rotatable bonds is 8. The number of carbonyl (C=O) groups is 1. The minimum atomic E-state index is -2.94. The molecule has 0 saturated carbocycles. The first-order valence-electron chi connectivity index (χ1n) is 8.19. The molecule has 0 spiro atoms. The molecule has 0 heterocycles. The molecule has 0 aliphatic rings. The summed E-state index contributed by atoms with van der Waals surface area (Å²) >= 11 is 0. The molecule has 1 aromatic rings. The Morgan fingerprint density at radius 2 is 1.38 bits per heavy atom. The van der Waals surface area contributed by atoms with Gasteiger partial charge in [0.05, 0.1) is 0 Å². The minimum Gasteiger partial charge on any atom is -0.428 e. The molecule has 0 radical (unpaired) electrons. The summed E-state index contributed by atoms with van der Waals surface area (Å²) in [5.74, 6) is 0.389. The molecule has 0 aliphatic heterocycles. The summed E-state index contributed by atoms with van der Waals surface area (Å²) < 4.78 is 27.8. The average Bonchev–Trinajstić information content (AvgIpc) is 2.46. The Morgan fingerprint density at radius 1 is 0.917 bits per heavy atom. The number of ether oxygens (including phenoxy) is 2. The highest BCUT2D eigenvalue weighted by atomic mass is 28.4. The molecule has 0 saturated heterocycles. The van der Waals surface area contributed by atoms with Crippen LogP contribution >= 0.6 is 0 Å². The molecule has 1 rings (SSSR count). The van der Waals surface area contributed by atoms with Crippen LogP contribution in [0.5, 0.6) is 5.75 Å². The normalized spacial score (nSPS) is 12.1. The van der Waals surface area contributed by atoms with Gasteiger partial charge in [-0.05, 0) is 53.7 Å². The fraction of sp³-hybridized carbons (Fsp3) is 0.588. The first-order chi connectivity index (χ1) is 11.3. The van der Waals surface area contributed by atoms with Crippen LogP contribution in [-0.2, 0) is 18.0 Å². The van der Waals surface area contributed by atoms with Crippen molar-refractivity contribution >= 4 is 20.1 Å². The first kappa shape index (κ1) is 20.6. The molecule has 7 heteroatoms. The SMILES string of the molecule is CCO[Si](OCC)(OCC)c1ccc(OC(=O)OC(C)(C)C)cc1. The minimum absolute atomic E-state index is 0.389. The van der Waals surface area contributed by atoms with E-state index in [0.717, 1.165) is 5.19 Å². The third kappa shape index (κ3) is 6.24. The van der Waals surface area contributed by atoms with Gasteiger partial charge in [-0.1, -0.05) is 12.1 Å². The van der Waals surface area contributed by atoms with Crippen LogP contribution in [0.25, 0.3) is 0 Å². The second-order valence-electron chi connectivity index (χ2n) is 5.95. The summed E-state index contributed by atoms with van der Waals surface area (Å²) in [4.78, 5) is 11.7. The van der Waals surface area contributed by atoms with Gasteiger partial charge in [-0.3, -0.25) is 0 Å². The number of hydrogen-bond donors (Lipinski definition) is 0. The van der Waals surface area contributed by atoms with Crippen molar-refractivity contribution < 1.29 is 27.5 Å². The first-order valence-corrected chi connectivity index (χ1v) is 9.92. The highest BCUT2D eigenvalue weighted by Crippen LogP contribution is 2.16. The van der Waals surface area contributed by atoms with Gasteiger partial charge < -0.3 is 22.8 Å². The van der Waals surface area contributed by atoms with E-state index in [1.54, 1.807) is 45.0 Å². The van der Waals surface area contributed by atoms with Crippen molar-refractivity contribution in [1.82, 2.24) is 0 Å². The summed E-state index contributed by atoms with van der Waals surface area (Å²) in [5, 5.41) is 0.824. The molecule has 6 nitrogen and oxygen atoms in total. The van der Waals surface area contributed by atoms with Crippen molar-refractivity contribution in [3.63, 3.8) is 0 Å². The number of hydrogen-bond acceptors (Lipinski definition) is 6. The number of carbonyl (C=O) groups excluding carboxylic acids is 1. The molecule has 0 unspecified atom stereocenters. The predicted octanol–water partition coefficient (Wildman–Crippen LogP) is 3.26. The Bertz CT molecular complexity index is 492. The van der Waals surface area contributed by atoms with Crippen molar-refractivity contribution in [2.45, 2.75) is 47.1 Å². The Hall–Kier alpha value is -1.41. The summed E-state index contributed by atoms with van der Waals surface area (Å²) in [7, 11) is -2.94. The molecule has 0 aliphatic carbocycles. The topological polar surface area (TPSA) is 63.2 Å². The Balaban J connectivity index is 2.91. The predicted molar refractivity (Wildman–Crippen MR) is 93.6 cm³/mol. The summed E-state index contributed by atoms with van der Waals surface area (Å²) in [6.45, 7) is 12.5. The van der Waals surface area contributed by atoms with Crippen LogP contribution < -0.4 is 9.92 Å². The molecule has 136 valence electrons. The zero-order valence-corrected chi connectivity index (χ0v) is 16.4. The van der Waals surface area contributed by atoms with E-state index >= 15 is 0 Å². The molecule has 0 amide bonds. The van der Waals surface area contributed by atoms with E-state index in [1.807, 2.05) is 20.8 Å². The zero-order chi connectivity index (χ0) is 18.2. The molecule has 24 heavy (non-hydrogen) atoms. The van der Waals surface area contributed by atoms with E-state index in [2.05, 4.69) is 0 Å². The highest BCUT2D eigenvalue weighted by molar-refractivity contribution is 6.75. The van der Waals surface area contributed by atoms with Crippen LogP contribution in [0, 0.1) is 0 Å². The van der Waals surface area contributed by atoms with Gasteiger partial charge in [0.15, 0.2) is 0 Å². The van der Waals surface area contributed by atoms with E-state index in [1.165, 1.54) is 0 Å². The fourth-order valence-corrected chi connectivity index (χ4v) is 4.50. The molecule has 0 N–H and O–H groups in total. The molecule has 0 bridgehead atoms. The molecule has 1 aromatic carbocycles. The van der Waals surface area contributed by atoms with Crippen LogP contribution in [0.15, 0.2) is 24.3 Å². The van der Waals surface area contributed by atoms with E-state index < -0.39 is 20.6 Å². The lowest BCUT2D eigenvalue weighted by Gasteiger charge is -2.28. The van der Waals surface area contributed by atoms with Crippen molar-refractivity contribution in [1.29, 1.82) is 0 Å². The van der Waals surface area contributed by atoms with Crippen molar-refractivity contribution in [3.8, 4) is 5.75 Å². The van der Waals surface area contributed by atoms with E-state index in [9.17, 15) is 4.79 Å². The maximum atomic E-state index is 11.7. The van der Waals surface area contributed by atoms with Crippen LogP contribution in [0.3, 0.4) is 0 Å². The second-order valence-corrected chi connectivity index (χ2v) is 8.50. The molecule has 0 fully saturated rings. The lowest BCUT2D eigenvalue weighted by molar-refractivity contribution is 0.0206. The van der Waals surface area contributed by atoms with E-state index in [4.69, 9.17) is 22.8 Å². The quantitative estimate of drug-likeness (QED) is 0.405. The second kappa shape index (κ2) is 9.17. The maximum Gasteiger partial charge on any atom is 0.537 e.